The second-order valence-electron chi connectivity index (χ2n) is 5.01. The first kappa shape index (κ1) is 17.9. The van der Waals surface area contributed by atoms with Crippen LogP contribution in [0.2, 0.25) is 0 Å². The van der Waals surface area contributed by atoms with E-state index in [-0.39, 0.29) is 11.3 Å². The Morgan fingerprint density at radius 1 is 1.28 bits per heavy atom. The molecule has 2 rings (SSSR count). The number of anilines is 1. The molecule has 0 fully saturated rings. The minimum Gasteiger partial charge on any atom is -0.504 e. The Balaban J connectivity index is 2.20. The molecule has 2 N–H and O–H groups in total. The summed E-state index contributed by atoms with van der Waals surface area (Å²) < 4.78 is 10.3. The number of amides is 1. The van der Waals surface area contributed by atoms with Crippen LogP contribution in [0.1, 0.15) is 12.5 Å². The number of hydrogen-bond acceptors (Lipinski definition) is 5. The highest BCUT2D eigenvalue weighted by atomic mass is 16.5. The van der Waals surface area contributed by atoms with Gasteiger partial charge in [0, 0.05) is 5.69 Å². The fraction of sp³-hybridized carbons (Fsp3) is 0.158. The number of nitrogens with zero attached hydrogens (tertiary/aromatic N) is 1. The van der Waals surface area contributed by atoms with E-state index in [0.717, 1.165) is 0 Å². The molecule has 0 aromatic heterocycles. The number of phenols is 1. The van der Waals surface area contributed by atoms with Gasteiger partial charge < -0.3 is 19.9 Å². The maximum absolute atomic E-state index is 12.3. The number of nitrogens with one attached hydrogen (secondary N) is 1. The maximum atomic E-state index is 12.3. The van der Waals surface area contributed by atoms with Crippen LogP contribution in [-0.4, -0.2) is 24.7 Å². The van der Waals surface area contributed by atoms with Gasteiger partial charge in [0.25, 0.3) is 5.91 Å². The number of methoxy groups -OCH3 is 1. The quantitative estimate of drug-likeness (QED) is 0.622. The minimum atomic E-state index is -0.529. The second kappa shape index (κ2) is 8.41. The first-order valence-electron chi connectivity index (χ1n) is 7.60. The molecule has 0 aliphatic carbocycles. The van der Waals surface area contributed by atoms with Crippen LogP contribution in [0, 0.1) is 11.3 Å². The van der Waals surface area contributed by atoms with Crippen LogP contribution in [0.3, 0.4) is 0 Å². The van der Waals surface area contributed by atoms with Gasteiger partial charge in [0.15, 0.2) is 11.5 Å². The minimum absolute atomic E-state index is 0.000178. The number of rotatable bonds is 6. The molecule has 0 unspecified atom stereocenters. The maximum Gasteiger partial charge on any atom is 0.266 e. The number of ether oxygens (including phenoxy) is 2. The normalized spacial score (nSPS) is 10.7. The average molecular weight is 338 g/mol. The number of nitriles is 1. The third-order valence-corrected chi connectivity index (χ3v) is 3.31. The molecule has 0 atom stereocenters. The lowest BCUT2D eigenvalue weighted by molar-refractivity contribution is -0.112. The van der Waals surface area contributed by atoms with E-state index in [0.29, 0.717) is 29.4 Å². The summed E-state index contributed by atoms with van der Waals surface area (Å²) in [5, 5.41) is 21.6. The fourth-order valence-corrected chi connectivity index (χ4v) is 2.08. The van der Waals surface area contributed by atoms with Crippen molar-refractivity contribution in [2.24, 2.45) is 0 Å². The molecule has 0 bridgehead atoms. The van der Waals surface area contributed by atoms with Gasteiger partial charge in [-0.15, -0.1) is 0 Å². The largest absolute Gasteiger partial charge is 0.504 e. The molecule has 0 saturated heterocycles. The van der Waals surface area contributed by atoms with Gasteiger partial charge in [0.1, 0.15) is 17.4 Å². The SMILES string of the molecule is CCOc1cc(C=C(C#N)C(=O)Nc2ccc(OC)cc2)ccc1O. The predicted octanol–water partition coefficient (Wildman–Crippen LogP) is 3.35. The van der Waals surface area contributed by atoms with Gasteiger partial charge in [-0.2, -0.15) is 5.26 Å². The predicted molar refractivity (Wildman–Crippen MR) is 94.5 cm³/mol. The highest BCUT2D eigenvalue weighted by Crippen LogP contribution is 2.27. The molecule has 6 nitrogen and oxygen atoms in total. The summed E-state index contributed by atoms with van der Waals surface area (Å²) in [5.41, 5.74) is 1.05. The van der Waals surface area contributed by atoms with E-state index in [2.05, 4.69) is 5.32 Å². The van der Waals surface area contributed by atoms with E-state index in [9.17, 15) is 15.2 Å². The summed E-state index contributed by atoms with van der Waals surface area (Å²) in [7, 11) is 1.55. The van der Waals surface area contributed by atoms with Gasteiger partial charge in [-0.1, -0.05) is 6.07 Å². The van der Waals surface area contributed by atoms with Crippen molar-refractivity contribution in [1.29, 1.82) is 5.26 Å². The highest BCUT2D eigenvalue weighted by molar-refractivity contribution is 6.09. The van der Waals surface area contributed by atoms with E-state index in [1.165, 1.54) is 12.1 Å². The smallest absolute Gasteiger partial charge is 0.266 e. The molecule has 2 aromatic carbocycles. The van der Waals surface area contributed by atoms with E-state index in [4.69, 9.17) is 9.47 Å². The average Bonchev–Trinajstić information content (AvgIpc) is 2.63. The van der Waals surface area contributed by atoms with Crippen molar-refractivity contribution in [3.8, 4) is 23.3 Å². The number of hydrogen-bond donors (Lipinski definition) is 2. The zero-order valence-electron chi connectivity index (χ0n) is 13.9. The molecule has 25 heavy (non-hydrogen) atoms. The molecule has 0 heterocycles. The number of carbonyl (C=O) groups excluding carboxylic acids is 1. The van der Waals surface area contributed by atoms with E-state index in [1.54, 1.807) is 50.4 Å². The summed E-state index contributed by atoms with van der Waals surface area (Å²) >= 11 is 0. The summed E-state index contributed by atoms with van der Waals surface area (Å²) in [4.78, 5) is 12.3. The number of aromatic hydroxyl groups is 1. The standard InChI is InChI=1S/C19H18N2O4/c1-3-25-18-11-13(4-9-17(18)22)10-14(12-20)19(23)21-15-5-7-16(24-2)8-6-15/h4-11,22H,3H2,1-2H3,(H,21,23). The molecule has 2 aromatic rings. The lowest BCUT2D eigenvalue weighted by Crippen LogP contribution is -2.13. The van der Waals surface area contributed by atoms with Gasteiger partial charge >= 0.3 is 0 Å². The second-order valence-corrected chi connectivity index (χ2v) is 5.01. The lowest BCUT2D eigenvalue weighted by atomic mass is 10.1. The molecule has 0 saturated carbocycles. The molecule has 0 aliphatic heterocycles. The van der Waals surface area contributed by atoms with Crippen LogP contribution in [-0.2, 0) is 4.79 Å². The third kappa shape index (κ3) is 4.75. The van der Waals surface area contributed by atoms with E-state index in [1.807, 2.05) is 6.07 Å². The van der Waals surface area contributed by atoms with Gasteiger partial charge in [-0.05, 0) is 55.0 Å². The molecule has 0 spiro atoms. The topological polar surface area (TPSA) is 91.6 Å². The van der Waals surface area contributed by atoms with Gasteiger partial charge in [-0.3, -0.25) is 4.79 Å². The van der Waals surface area contributed by atoms with Crippen LogP contribution in [0.4, 0.5) is 5.69 Å². The molecule has 1 amide bonds. The van der Waals surface area contributed by atoms with Crippen LogP contribution in [0.5, 0.6) is 17.2 Å². The van der Waals surface area contributed by atoms with Crippen molar-refractivity contribution in [1.82, 2.24) is 0 Å². The lowest BCUT2D eigenvalue weighted by Gasteiger charge is -2.07. The van der Waals surface area contributed by atoms with Crippen molar-refractivity contribution in [2.45, 2.75) is 6.92 Å². The molecular weight excluding hydrogens is 320 g/mol. The summed E-state index contributed by atoms with van der Waals surface area (Å²) in [6, 6.07) is 13.3. The van der Waals surface area contributed by atoms with Crippen LogP contribution >= 0.6 is 0 Å². The zero-order valence-corrected chi connectivity index (χ0v) is 13.9. The Labute approximate surface area is 145 Å². The first-order valence-corrected chi connectivity index (χ1v) is 7.60. The van der Waals surface area contributed by atoms with Crippen molar-refractivity contribution >= 4 is 17.7 Å². The van der Waals surface area contributed by atoms with E-state index < -0.39 is 5.91 Å². The summed E-state index contributed by atoms with van der Waals surface area (Å²) in [5.74, 6) is 0.435. The number of carbonyl (C=O) groups is 1. The number of benzene rings is 2. The monoisotopic (exact) mass is 338 g/mol. The van der Waals surface area contributed by atoms with Crippen molar-refractivity contribution < 1.29 is 19.4 Å². The van der Waals surface area contributed by atoms with Gasteiger partial charge in [0.05, 0.1) is 13.7 Å². The van der Waals surface area contributed by atoms with Gasteiger partial charge in [0.2, 0.25) is 0 Å². The van der Waals surface area contributed by atoms with Crippen molar-refractivity contribution in [3.63, 3.8) is 0 Å². The number of phenolic OH excluding ortho intramolecular Hbond substituents is 1. The summed E-state index contributed by atoms with van der Waals surface area (Å²) in [6.45, 7) is 2.19. The van der Waals surface area contributed by atoms with Crippen molar-refractivity contribution in [2.75, 3.05) is 19.0 Å². The molecule has 0 radical (unpaired) electrons. The molecule has 6 heteroatoms. The Hall–Kier alpha value is -3.46. The molecule has 128 valence electrons. The van der Waals surface area contributed by atoms with Crippen LogP contribution in [0.25, 0.3) is 6.08 Å². The van der Waals surface area contributed by atoms with Crippen LogP contribution in [0.15, 0.2) is 48.0 Å². The Kier molecular flexibility index (Phi) is 6.02. The van der Waals surface area contributed by atoms with Gasteiger partial charge in [-0.25, -0.2) is 0 Å². The summed E-state index contributed by atoms with van der Waals surface area (Å²) in [6.07, 6.45) is 1.43. The van der Waals surface area contributed by atoms with E-state index >= 15 is 0 Å². The first-order chi connectivity index (χ1) is 12.1. The highest BCUT2D eigenvalue weighted by Gasteiger charge is 2.11. The Morgan fingerprint density at radius 2 is 2.00 bits per heavy atom. The zero-order chi connectivity index (χ0) is 18.2. The molecule has 0 aliphatic rings. The third-order valence-electron chi connectivity index (χ3n) is 3.31. The van der Waals surface area contributed by atoms with Crippen LogP contribution < -0.4 is 14.8 Å². The fourth-order valence-electron chi connectivity index (χ4n) is 2.08. The molecular formula is C19H18N2O4. The Morgan fingerprint density at radius 3 is 2.60 bits per heavy atom. The van der Waals surface area contributed by atoms with Crippen molar-refractivity contribution in [3.05, 3.63) is 53.6 Å². The Bertz CT molecular complexity index is 820.